The van der Waals surface area contributed by atoms with Crippen molar-refractivity contribution in [2.24, 2.45) is 0 Å². The average molecular weight is 441 g/mol. The van der Waals surface area contributed by atoms with Gasteiger partial charge in [0.05, 0.1) is 16.8 Å². The first-order chi connectivity index (χ1) is 15.5. The number of nitrogens with zero attached hydrogens (tertiary/aromatic N) is 2. The summed E-state index contributed by atoms with van der Waals surface area (Å²) in [6, 6.07) is 23.6. The number of amides is 3. The molecule has 1 saturated heterocycles. The summed E-state index contributed by atoms with van der Waals surface area (Å²) in [5, 5.41) is 0.173. The number of thioether (sulfide) groups is 1. The van der Waals surface area contributed by atoms with Crippen molar-refractivity contribution in [2.45, 2.75) is 35.1 Å². The molecule has 158 valence electrons. The second-order valence-corrected chi connectivity index (χ2v) is 9.97. The molecule has 3 unspecified atom stereocenters. The smallest absolute Gasteiger partial charge is 0.262 e. The Bertz CT molecular complexity index is 1260. The number of carbonyl (C=O) groups is 3. The van der Waals surface area contributed by atoms with E-state index < -0.39 is 23.4 Å². The Morgan fingerprint density at radius 1 is 0.812 bits per heavy atom. The summed E-state index contributed by atoms with van der Waals surface area (Å²) in [5.74, 6) is -1.00. The molecule has 0 aliphatic carbocycles. The second-order valence-electron chi connectivity index (χ2n) is 8.49. The van der Waals surface area contributed by atoms with Crippen LogP contribution in [-0.2, 0) is 10.3 Å². The van der Waals surface area contributed by atoms with E-state index in [-0.39, 0.29) is 11.2 Å². The third-order valence-corrected chi connectivity index (χ3v) is 7.86. The predicted octanol–water partition coefficient (Wildman–Crippen LogP) is 4.48. The molecule has 3 aliphatic heterocycles. The van der Waals surface area contributed by atoms with E-state index in [1.165, 1.54) is 4.90 Å². The highest BCUT2D eigenvalue weighted by atomic mass is 32.2. The number of imide groups is 1. The molecule has 3 atom stereocenters. The maximum Gasteiger partial charge on any atom is 0.262 e. The highest BCUT2D eigenvalue weighted by Crippen LogP contribution is 2.57. The van der Waals surface area contributed by atoms with Crippen molar-refractivity contribution < 1.29 is 14.4 Å². The lowest BCUT2D eigenvalue weighted by atomic mass is 9.69. The van der Waals surface area contributed by atoms with Crippen molar-refractivity contribution in [1.29, 1.82) is 0 Å². The molecule has 0 spiro atoms. The molecule has 1 fully saturated rings. The van der Waals surface area contributed by atoms with Gasteiger partial charge in [0.1, 0.15) is 11.6 Å². The van der Waals surface area contributed by atoms with Crippen LogP contribution in [0.4, 0.5) is 5.69 Å². The van der Waals surface area contributed by atoms with Crippen LogP contribution in [-0.4, -0.2) is 33.9 Å². The first-order valence-electron chi connectivity index (χ1n) is 10.7. The first kappa shape index (κ1) is 19.3. The number of anilines is 1. The Kier molecular flexibility index (Phi) is 4.11. The lowest BCUT2D eigenvalue weighted by molar-refractivity contribution is -0.136. The lowest BCUT2D eigenvalue weighted by Crippen LogP contribution is -2.78. The molecule has 32 heavy (non-hydrogen) atoms. The van der Waals surface area contributed by atoms with Crippen LogP contribution in [0.5, 0.6) is 0 Å². The Morgan fingerprint density at radius 2 is 1.41 bits per heavy atom. The van der Waals surface area contributed by atoms with Crippen molar-refractivity contribution in [3.8, 4) is 0 Å². The molecule has 5 nitrogen and oxygen atoms in total. The van der Waals surface area contributed by atoms with Crippen LogP contribution in [0.25, 0.3) is 0 Å². The number of benzene rings is 3. The topological polar surface area (TPSA) is 57.7 Å². The third-order valence-electron chi connectivity index (χ3n) is 6.70. The van der Waals surface area contributed by atoms with E-state index >= 15 is 0 Å². The molecule has 0 bridgehead atoms. The number of fused-ring (bicyclic) bond motifs is 4. The Balaban J connectivity index is 1.57. The van der Waals surface area contributed by atoms with Crippen LogP contribution in [0, 0.1) is 0 Å². The molecule has 6 heteroatoms. The number of hydrogen-bond acceptors (Lipinski definition) is 4. The van der Waals surface area contributed by atoms with E-state index in [1.807, 2.05) is 59.5 Å². The van der Waals surface area contributed by atoms with Gasteiger partial charge in [-0.3, -0.25) is 24.2 Å². The van der Waals surface area contributed by atoms with Gasteiger partial charge in [-0.1, -0.05) is 61.5 Å². The van der Waals surface area contributed by atoms with Crippen molar-refractivity contribution in [2.75, 3.05) is 4.90 Å². The van der Waals surface area contributed by atoms with Gasteiger partial charge in [-0.15, -0.1) is 11.8 Å². The molecule has 6 rings (SSSR count). The van der Waals surface area contributed by atoms with Crippen molar-refractivity contribution in [3.05, 3.63) is 95.6 Å². The average Bonchev–Trinajstić information content (AvgIpc) is 2.98. The van der Waals surface area contributed by atoms with Gasteiger partial charge < -0.3 is 0 Å². The van der Waals surface area contributed by atoms with Crippen LogP contribution in [0.3, 0.4) is 0 Å². The monoisotopic (exact) mass is 440 g/mol. The predicted molar refractivity (Wildman–Crippen MR) is 123 cm³/mol. The number of para-hydroxylation sites is 1. The molecule has 3 aromatic rings. The van der Waals surface area contributed by atoms with Gasteiger partial charge >= 0.3 is 0 Å². The van der Waals surface area contributed by atoms with E-state index in [4.69, 9.17) is 0 Å². The SMILES string of the molecule is CC1CC2(c3ccccc3)C(N3C(=O)c4ccccc4C3=O)C(=O)N2c2ccccc2S1. The highest BCUT2D eigenvalue weighted by Gasteiger charge is 2.68. The van der Waals surface area contributed by atoms with E-state index in [9.17, 15) is 14.4 Å². The number of rotatable bonds is 2. The summed E-state index contributed by atoms with van der Waals surface area (Å²) >= 11 is 1.73. The minimum absolute atomic E-state index is 0.173. The van der Waals surface area contributed by atoms with Gasteiger partial charge in [-0.05, 0) is 36.2 Å². The van der Waals surface area contributed by atoms with Gasteiger partial charge in [0.15, 0.2) is 0 Å². The van der Waals surface area contributed by atoms with Crippen LogP contribution >= 0.6 is 11.8 Å². The zero-order valence-electron chi connectivity index (χ0n) is 17.4. The highest BCUT2D eigenvalue weighted by molar-refractivity contribution is 8.00. The van der Waals surface area contributed by atoms with Gasteiger partial charge in [0, 0.05) is 10.1 Å². The summed E-state index contributed by atoms with van der Waals surface area (Å²) < 4.78 is 0. The first-order valence-corrected chi connectivity index (χ1v) is 11.5. The normalized spacial score (nSPS) is 26.2. The minimum Gasteiger partial charge on any atom is -0.296 e. The maximum atomic E-state index is 13.8. The van der Waals surface area contributed by atoms with E-state index in [2.05, 4.69) is 6.92 Å². The van der Waals surface area contributed by atoms with Gasteiger partial charge in [-0.25, -0.2) is 0 Å². The van der Waals surface area contributed by atoms with E-state index in [0.29, 0.717) is 17.5 Å². The quantitative estimate of drug-likeness (QED) is 0.436. The summed E-state index contributed by atoms with van der Waals surface area (Å²) in [6.45, 7) is 2.14. The number of β-lactam (4-membered cyclic amide) rings is 1. The molecule has 3 aromatic carbocycles. The lowest BCUT2D eigenvalue weighted by Gasteiger charge is -2.59. The Labute approximate surface area is 190 Å². The number of hydrogen-bond donors (Lipinski definition) is 0. The molecule has 0 saturated carbocycles. The molecule has 0 aromatic heterocycles. The van der Waals surface area contributed by atoms with E-state index in [0.717, 1.165) is 16.1 Å². The standard InChI is InChI=1S/C26H20N2O3S/c1-16-15-26(17-9-3-2-4-10-17)22(25(31)28(26)20-13-7-8-14-21(20)32-16)27-23(29)18-11-5-6-12-19(18)24(27)30/h2-14,16,22H,15H2,1H3. The Hall–Kier alpha value is -3.38. The molecule has 3 amide bonds. The summed E-state index contributed by atoms with van der Waals surface area (Å²) in [7, 11) is 0. The fourth-order valence-corrected chi connectivity index (χ4v) is 6.66. The summed E-state index contributed by atoms with van der Waals surface area (Å²) in [5.41, 5.74) is 1.69. The summed E-state index contributed by atoms with van der Waals surface area (Å²) in [4.78, 5) is 44.6. The molecular formula is C26H20N2O3S. The maximum absolute atomic E-state index is 13.8. The fourth-order valence-electron chi connectivity index (χ4n) is 5.45. The molecule has 0 N–H and O–H groups in total. The van der Waals surface area contributed by atoms with Crippen molar-refractivity contribution >= 4 is 35.2 Å². The van der Waals surface area contributed by atoms with Gasteiger partial charge in [-0.2, -0.15) is 0 Å². The van der Waals surface area contributed by atoms with E-state index in [1.54, 1.807) is 36.0 Å². The molecule has 0 radical (unpaired) electrons. The zero-order chi connectivity index (χ0) is 22.0. The fraction of sp³-hybridized carbons (Fsp3) is 0.192. The minimum atomic E-state index is -0.883. The van der Waals surface area contributed by atoms with Crippen LogP contribution in [0.2, 0.25) is 0 Å². The largest absolute Gasteiger partial charge is 0.296 e. The van der Waals surface area contributed by atoms with Gasteiger partial charge in [0.25, 0.3) is 17.7 Å². The second kappa shape index (κ2) is 6.81. The van der Waals surface area contributed by atoms with Gasteiger partial charge in [0.2, 0.25) is 0 Å². The summed E-state index contributed by atoms with van der Waals surface area (Å²) in [6.07, 6.45) is 0.625. The molecule has 3 aliphatic rings. The number of carbonyl (C=O) groups excluding carboxylic acids is 3. The third kappa shape index (κ3) is 2.38. The molecule has 3 heterocycles. The van der Waals surface area contributed by atoms with Crippen LogP contribution in [0.1, 0.15) is 39.6 Å². The van der Waals surface area contributed by atoms with Crippen LogP contribution < -0.4 is 4.90 Å². The zero-order valence-corrected chi connectivity index (χ0v) is 18.2. The van der Waals surface area contributed by atoms with Crippen molar-refractivity contribution in [1.82, 2.24) is 4.90 Å². The Morgan fingerprint density at radius 3 is 2.09 bits per heavy atom. The molecular weight excluding hydrogens is 420 g/mol. The van der Waals surface area contributed by atoms with Crippen molar-refractivity contribution in [3.63, 3.8) is 0 Å². The van der Waals surface area contributed by atoms with Crippen LogP contribution in [0.15, 0.2) is 83.8 Å².